The van der Waals surface area contributed by atoms with Crippen LogP contribution in [0, 0.1) is 23.7 Å². The molecular formula is C12H17NO3. The van der Waals surface area contributed by atoms with Gasteiger partial charge in [0.2, 0.25) is 0 Å². The summed E-state index contributed by atoms with van der Waals surface area (Å²) in [6.07, 6.45) is 0.595. The van der Waals surface area contributed by atoms with Gasteiger partial charge >= 0.3 is 6.09 Å². The van der Waals surface area contributed by atoms with Crippen LogP contribution in [0.4, 0.5) is 4.79 Å². The SMILES string of the molecule is CC(C)(C)OC(=O)N[C@H]1[C@@H]2[C@@H]3C[C@@H]1C(=O)[C@@H]32. The molecule has 0 unspecified atom stereocenters. The summed E-state index contributed by atoms with van der Waals surface area (Å²) < 4.78 is 5.21. The Morgan fingerprint density at radius 1 is 1.44 bits per heavy atom. The first-order valence-corrected chi connectivity index (χ1v) is 5.92. The smallest absolute Gasteiger partial charge is 0.407 e. The molecule has 1 amide bonds. The van der Waals surface area contributed by atoms with Gasteiger partial charge < -0.3 is 10.1 Å². The van der Waals surface area contributed by atoms with Crippen LogP contribution in [0.1, 0.15) is 27.2 Å². The number of ether oxygens (including phenoxy) is 1. The van der Waals surface area contributed by atoms with E-state index in [9.17, 15) is 9.59 Å². The van der Waals surface area contributed by atoms with Crippen molar-refractivity contribution in [2.45, 2.75) is 38.8 Å². The normalized spacial score (nSPS) is 43.4. The van der Waals surface area contributed by atoms with Crippen LogP contribution in [-0.4, -0.2) is 23.5 Å². The molecule has 1 N–H and O–H groups in total. The number of carbonyl (C=O) groups is 2. The highest BCUT2D eigenvalue weighted by Gasteiger charge is 2.74. The average Bonchev–Trinajstić information content (AvgIpc) is 2.43. The molecule has 0 aromatic carbocycles. The first-order chi connectivity index (χ1) is 7.38. The van der Waals surface area contributed by atoms with Crippen molar-refractivity contribution >= 4 is 11.9 Å². The molecule has 0 aliphatic heterocycles. The number of alkyl carbamates (subject to hydrolysis) is 1. The first kappa shape index (κ1) is 10.1. The highest BCUT2D eigenvalue weighted by molar-refractivity contribution is 5.94. The Bertz CT molecular complexity index is 371. The summed E-state index contributed by atoms with van der Waals surface area (Å²) in [6, 6.07) is 0.0531. The second-order valence-electron chi connectivity index (χ2n) is 6.18. The molecule has 0 radical (unpaired) electrons. The predicted molar refractivity (Wildman–Crippen MR) is 56.7 cm³/mol. The lowest BCUT2D eigenvalue weighted by Crippen LogP contribution is -2.41. The number of carbonyl (C=O) groups excluding carboxylic acids is 2. The third kappa shape index (κ3) is 1.28. The second kappa shape index (κ2) is 2.79. The van der Waals surface area contributed by atoms with Crippen molar-refractivity contribution < 1.29 is 14.3 Å². The number of hydrogen-bond acceptors (Lipinski definition) is 3. The van der Waals surface area contributed by atoms with Crippen LogP contribution in [0.3, 0.4) is 0 Å². The van der Waals surface area contributed by atoms with E-state index in [4.69, 9.17) is 4.74 Å². The Hall–Kier alpha value is -1.06. The molecular weight excluding hydrogens is 206 g/mol. The van der Waals surface area contributed by atoms with Crippen LogP contribution in [0.5, 0.6) is 0 Å². The molecule has 0 heterocycles. The summed E-state index contributed by atoms with van der Waals surface area (Å²) in [5, 5.41) is 2.87. The molecule has 0 aromatic heterocycles. The van der Waals surface area contributed by atoms with E-state index in [1.807, 2.05) is 20.8 Å². The van der Waals surface area contributed by atoms with E-state index < -0.39 is 5.60 Å². The minimum atomic E-state index is -0.474. The van der Waals surface area contributed by atoms with E-state index in [-0.39, 0.29) is 24.0 Å². The summed E-state index contributed by atoms with van der Waals surface area (Å²) in [6.45, 7) is 5.52. The number of hydrogen-bond donors (Lipinski definition) is 1. The third-order valence-electron chi connectivity index (χ3n) is 3.98. The molecule has 4 fully saturated rings. The first-order valence-electron chi connectivity index (χ1n) is 5.92. The molecule has 88 valence electrons. The van der Waals surface area contributed by atoms with Crippen LogP contribution in [-0.2, 0) is 9.53 Å². The van der Waals surface area contributed by atoms with Crippen molar-refractivity contribution in [1.29, 1.82) is 0 Å². The molecule has 16 heavy (non-hydrogen) atoms. The Labute approximate surface area is 94.7 Å². The van der Waals surface area contributed by atoms with Gasteiger partial charge in [-0.15, -0.1) is 0 Å². The fraction of sp³-hybridized carbons (Fsp3) is 0.833. The number of nitrogens with one attached hydrogen (secondary N) is 1. The van der Waals surface area contributed by atoms with Crippen molar-refractivity contribution in [1.82, 2.24) is 5.32 Å². The number of amides is 1. The Morgan fingerprint density at radius 2 is 2.12 bits per heavy atom. The fourth-order valence-electron chi connectivity index (χ4n) is 3.48. The minimum absolute atomic E-state index is 0.0531. The van der Waals surface area contributed by atoms with E-state index in [1.54, 1.807) is 0 Å². The zero-order chi connectivity index (χ0) is 11.7. The van der Waals surface area contributed by atoms with Gasteiger partial charge in [-0.2, -0.15) is 0 Å². The fourth-order valence-corrected chi connectivity index (χ4v) is 3.48. The second-order valence-corrected chi connectivity index (χ2v) is 6.18. The van der Waals surface area contributed by atoms with Crippen molar-refractivity contribution in [3.8, 4) is 0 Å². The Kier molecular flexibility index (Phi) is 1.76. The number of Topliss-reactive ketones (excluding diaryl/α,β-unsaturated/α-hetero) is 1. The van der Waals surface area contributed by atoms with E-state index in [0.717, 1.165) is 6.42 Å². The van der Waals surface area contributed by atoms with E-state index >= 15 is 0 Å². The van der Waals surface area contributed by atoms with Crippen LogP contribution < -0.4 is 5.32 Å². The molecule has 5 atom stereocenters. The zero-order valence-electron chi connectivity index (χ0n) is 9.82. The molecule has 4 saturated carbocycles. The van der Waals surface area contributed by atoms with Crippen molar-refractivity contribution in [3.05, 3.63) is 0 Å². The van der Waals surface area contributed by atoms with Gasteiger partial charge in [-0.25, -0.2) is 4.79 Å². The van der Waals surface area contributed by atoms with Crippen molar-refractivity contribution in [2.75, 3.05) is 0 Å². The van der Waals surface area contributed by atoms with Gasteiger partial charge in [-0.1, -0.05) is 0 Å². The topological polar surface area (TPSA) is 55.4 Å². The average molecular weight is 223 g/mol. The van der Waals surface area contributed by atoms with Gasteiger partial charge in [-0.3, -0.25) is 4.79 Å². The van der Waals surface area contributed by atoms with Crippen LogP contribution in [0.15, 0.2) is 0 Å². The summed E-state index contributed by atoms with van der Waals surface area (Å²) >= 11 is 0. The van der Waals surface area contributed by atoms with Gasteiger partial charge in [0.05, 0.1) is 0 Å². The maximum absolute atomic E-state index is 11.7. The zero-order valence-corrected chi connectivity index (χ0v) is 9.82. The van der Waals surface area contributed by atoms with Gasteiger partial charge in [0, 0.05) is 17.9 Å². The summed E-state index contributed by atoms with van der Waals surface area (Å²) in [5.74, 6) is 1.70. The van der Waals surface area contributed by atoms with Gasteiger partial charge in [0.25, 0.3) is 0 Å². The molecule has 4 heteroatoms. The van der Waals surface area contributed by atoms with Crippen LogP contribution >= 0.6 is 0 Å². The van der Waals surface area contributed by atoms with E-state index in [0.29, 0.717) is 17.6 Å². The molecule has 4 aliphatic carbocycles. The van der Waals surface area contributed by atoms with Crippen molar-refractivity contribution in [3.63, 3.8) is 0 Å². The van der Waals surface area contributed by atoms with Gasteiger partial charge in [0.15, 0.2) is 0 Å². The highest BCUT2D eigenvalue weighted by atomic mass is 16.6. The molecule has 0 aromatic rings. The summed E-state index contributed by atoms with van der Waals surface area (Å²) in [7, 11) is 0. The molecule has 4 aliphatic rings. The monoisotopic (exact) mass is 223 g/mol. The molecule has 4 nitrogen and oxygen atoms in total. The summed E-state index contributed by atoms with van der Waals surface area (Å²) in [5.41, 5.74) is -0.474. The largest absolute Gasteiger partial charge is 0.444 e. The quantitative estimate of drug-likeness (QED) is 0.730. The Balaban J connectivity index is 1.61. The van der Waals surface area contributed by atoms with Crippen LogP contribution in [0.2, 0.25) is 0 Å². The number of rotatable bonds is 1. The molecule has 0 saturated heterocycles. The lowest BCUT2D eigenvalue weighted by Gasteiger charge is -2.22. The van der Waals surface area contributed by atoms with E-state index in [1.165, 1.54) is 0 Å². The van der Waals surface area contributed by atoms with E-state index in [2.05, 4.69) is 5.32 Å². The third-order valence-corrected chi connectivity index (χ3v) is 3.98. The lowest BCUT2D eigenvalue weighted by atomic mass is 10.1. The predicted octanol–water partition coefficient (Wildman–Crippen LogP) is 1.34. The standard InChI is InChI=1S/C12H17NO3/c1-12(2,3)16-11(15)13-9-6-4-5-7(9)8(5)10(6)14/h5-9H,4H2,1-3H3,(H,13,15)/t5-,6-,7+,8-,9+/m0/s1. The Morgan fingerprint density at radius 3 is 2.50 bits per heavy atom. The molecule has 0 spiro atoms. The van der Waals surface area contributed by atoms with Crippen molar-refractivity contribution in [2.24, 2.45) is 23.7 Å². The number of ketones is 1. The minimum Gasteiger partial charge on any atom is -0.444 e. The molecule has 4 bridgehead atoms. The van der Waals surface area contributed by atoms with Gasteiger partial charge in [0.1, 0.15) is 11.4 Å². The molecule has 4 rings (SSSR count). The maximum atomic E-state index is 11.7. The summed E-state index contributed by atoms with van der Waals surface area (Å²) in [4.78, 5) is 23.3. The van der Waals surface area contributed by atoms with Crippen LogP contribution in [0.25, 0.3) is 0 Å². The maximum Gasteiger partial charge on any atom is 0.407 e. The lowest BCUT2D eigenvalue weighted by molar-refractivity contribution is -0.121. The highest BCUT2D eigenvalue weighted by Crippen LogP contribution is 2.68. The van der Waals surface area contributed by atoms with Gasteiger partial charge in [-0.05, 0) is 39.0 Å².